The standard InChI is InChI=1S/C15H30N2O2Si/c1-9-20(8,18-16-14(6)10-12(2)3)19-17-15(7)11-13(4)5/h9,12-13H,1,10-11H2,2-8H3/b16-14+,17-15+. The van der Waals surface area contributed by atoms with E-state index in [1.54, 1.807) is 5.70 Å². The lowest BCUT2D eigenvalue weighted by Crippen LogP contribution is -2.33. The fraction of sp³-hybridized carbons (Fsp3) is 0.733. The molecule has 0 rings (SSSR count). The molecule has 0 atom stereocenters. The van der Waals surface area contributed by atoms with Crippen molar-refractivity contribution in [2.75, 3.05) is 0 Å². The van der Waals surface area contributed by atoms with Gasteiger partial charge in [0.2, 0.25) is 0 Å². The molecule has 0 aromatic carbocycles. The van der Waals surface area contributed by atoms with Crippen molar-refractivity contribution < 1.29 is 9.05 Å². The van der Waals surface area contributed by atoms with Gasteiger partial charge in [0.15, 0.2) is 0 Å². The second-order valence-corrected chi connectivity index (χ2v) is 9.06. The molecule has 0 N–H and O–H groups in total. The summed E-state index contributed by atoms with van der Waals surface area (Å²) in [5, 5.41) is 8.32. The van der Waals surface area contributed by atoms with Gasteiger partial charge in [-0.1, -0.05) is 27.7 Å². The van der Waals surface area contributed by atoms with Crippen LogP contribution in [-0.2, 0) is 9.05 Å². The molecule has 0 bridgehead atoms. The van der Waals surface area contributed by atoms with Crippen molar-refractivity contribution in [2.45, 2.75) is 60.9 Å². The molecule has 0 heterocycles. The summed E-state index contributed by atoms with van der Waals surface area (Å²) < 4.78 is 11.2. The summed E-state index contributed by atoms with van der Waals surface area (Å²) in [5.41, 5.74) is 3.63. The van der Waals surface area contributed by atoms with Gasteiger partial charge in [-0.25, -0.2) is 0 Å². The number of nitrogens with zero attached hydrogens (tertiary/aromatic N) is 2. The van der Waals surface area contributed by atoms with Crippen LogP contribution in [0.1, 0.15) is 54.4 Å². The van der Waals surface area contributed by atoms with Crippen molar-refractivity contribution in [3.63, 3.8) is 0 Å². The quantitative estimate of drug-likeness (QED) is 0.353. The molecule has 0 fully saturated rings. The van der Waals surface area contributed by atoms with Gasteiger partial charge < -0.3 is 9.05 Å². The Balaban J connectivity index is 4.58. The zero-order valence-electron chi connectivity index (χ0n) is 14.1. The van der Waals surface area contributed by atoms with Gasteiger partial charge in [-0.15, -0.1) is 16.9 Å². The van der Waals surface area contributed by atoms with E-state index in [9.17, 15) is 0 Å². The predicted octanol–water partition coefficient (Wildman–Crippen LogP) is 4.66. The summed E-state index contributed by atoms with van der Waals surface area (Å²) in [7, 11) is -2.56. The molecule has 4 nitrogen and oxygen atoms in total. The Hall–Kier alpha value is -1.10. The van der Waals surface area contributed by atoms with Crippen LogP contribution in [0.4, 0.5) is 0 Å². The third-order valence-corrected chi connectivity index (χ3v) is 4.19. The average molecular weight is 299 g/mol. The molecular formula is C15H30N2O2Si. The number of oxime groups is 2. The molecule has 0 aliphatic rings. The van der Waals surface area contributed by atoms with E-state index < -0.39 is 8.56 Å². The highest BCUT2D eigenvalue weighted by Crippen LogP contribution is 2.12. The second-order valence-electron chi connectivity index (χ2n) is 6.25. The van der Waals surface area contributed by atoms with E-state index in [4.69, 9.17) is 9.05 Å². The summed E-state index contributed by atoms with van der Waals surface area (Å²) in [6.07, 6.45) is 1.83. The lowest BCUT2D eigenvalue weighted by molar-refractivity contribution is 0.196. The SMILES string of the molecule is C=C[Si](C)(O/N=C(\C)CC(C)C)O/N=C(\C)CC(C)C. The molecule has 5 heteroatoms. The van der Waals surface area contributed by atoms with Crippen LogP contribution >= 0.6 is 0 Å². The molecule has 116 valence electrons. The first-order chi connectivity index (χ1) is 9.18. The maximum Gasteiger partial charge on any atom is 0.531 e. The van der Waals surface area contributed by atoms with E-state index >= 15 is 0 Å². The number of rotatable bonds is 9. The molecule has 0 saturated carbocycles. The van der Waals surface area contributed by atoms with E-state index in [-0.39, 0.29) is 0 Å². The highest BCUT2D eigenvalue weighted by Gasteiger charge is 2.33. The van der Waals surface area contributed by atoms with Gasteiger partial charge in [0.25, 0.3) is 0 Å². The molecule has 0 spiro atoms. The average Bonchev–Trinajstić information content (AvgIpc) is 2.32. The van der Waals surface area contributed by atoms with Crippen LogP contribution in [0.25, 0.3) is 0 Å². The Bertz CT molecular complexity index is 335. The first kappa shape index (κ1) is 18.9. The van der Waals surface area contributed by atoms with Crippen molar-refractivity contribution in [3.05, 3.63) is 12.3 Å². The van der Waals surface area contributed by atoms with Gasteiger partial charge in [0.1, 0.15) is 0 Å². The maximum atomic E-state index is 5.58. The predicted molar refractivity (Wildman–Crippen MR) is 89.1 cm³/mol. The van der Waals surface area contributed by atoms with Crippen LogP contribution in [0, 0.1) is 11.8 Å². The van der Waals surface area contributed by atoms with Gasteiger partial charge in [-0.2, -0.15) is 0 Å². The monoisotopic (exact) mass is 298 g/mol. The van der Waals surface area contributed by atoms with Crippen molar-refractivity contribution in [2.24, 2.45) is 22.1 Å². The Kier molecular flexibility index (Phi) is 8.45. The van der Waals surface area contributed by atoms with E-state index in [1.807, 2.05) is 20.4 Å². The van der Waals surface area contributed by atoms with Gasteiger partial charge in [0.05, 0.1) is 11.4 Å². The Morgan fingerprint density at radius 1 is 1.00 bits per heavy atom. The molecule has 0 aliphatic heterocycles. The molecule has 0 amide bonds. The van der Waals surface area contributed by atoms with Gasteiger partial charge >= 0.3 is 8.56 Å². The van der Waals surface area contributed by atoms with Crippen LogP contribution in [0.2, 0.25) is 6.55 Å². The molecular weight excluding hydrogens is 268 g/mol. The topological polar surface area (TPSA) is 43.2 Å². The third-order valence-electron chi connectivity index (χ3n) is 2.54. The summed E-state index contributed by atoms with van der Waals surface area (Å²) in [5.74, 6) is 1.12. The van der Waals surface area contributed by atoms with Crippen LogP contribution in [0.5, 0.6) is 0 Å². The summed E-state index contributed by atoms with van der Waals surface area (Å²) in [6, 6.07) is 0. The molecule has 20 heavy (non-hydrogen) atoms. The van der Waals surface area contributed by atoms with Crippen molar-refractivity contribution >= 4 is 20.0 Å². The van der Waals surface area contributed by atoms with E-state index in [2.05, 4.69) is 44.6 Å². The largest absolute Gasteiger partial charge is 0.531 e. The van der Waals surface area contributed by atoms with Gasteiger partial charge in [-0.05, 0) is 44.2 Å². The normalized spacial score (nSPS) is 13.8. The summed E-state index contributed by atoms with van der Waals surface area (Å²) in [4.78, 5) is 0. The van der Waals surface area contributed by atoms with Crippen molar-refractivity contribution in [1.29, 1.82) is 0 Å². The first-order valence-corrected chi connectivity index (χ1v) is 9.64. The van der Waals surface area contributed by atoms with Crippen molar-refractivity contribution in [3.8, 4) is 0 Å². The highest BCUT2D eigenvalue weighted by molar-refractivity contribution is 6.71. The van der Waals surface area contributed by atoms with Crippen LogP contribution in [-0.4, -0.2) is 20.0 Å². The number of hydrogen-bond donors (Lipinski definition) is 0. The summed E-state index contributed by atoms with van der Waals surface area (Å²) >= 11 is 0. The minimum atomic E-state index is -2.56. The third kappa shape index (κ3) is 8.91. The van der Waals surface area contributed by atoms with Crippen molar-refractivity contribution in [1.82, 2.24) is 0 Å². The highest BCUT2D eigenvalue weighted by atomic mass is 28.4. The minimum Gasteiger partial charge on any atom is -0.404 e. The lowest BCUT2D eigenvalue weighted by Gasteiger charge is -2.18. The molecule has 0 radical (unpaired) electrons. The van der Waals surface area contributed by atoms with E-state index in [1.165, 1.54) is 0 Å². The molecule has 0 aromatic rings. The fourth-order valence-corrected chi connectivity index (χ4v) is 2.54. The Labute approximate surface area is 125 Å². The zero-order chi connectivity index (χ0) is 15.8. The molecule has 0 unspecified atom stereocenters. The maximum absolute atomic E-state index is 5.58. The molecule has 0 saturated heterocycles. The van der Waals surface area contributed by atoms with Gasteiger partial charge in [0, 0.05) is 6.55 Å². The first-order valence-electron chi connectivity index (χ1n) is 7.25. The Morgan fingerprint density at radius 2 is 1.35 bits per heavy atom. The fourth-order valence-electron chi connectivity index (χ4n) is 1.68. The Morgan fingerprint density at radius 3 is 1.60 bits per heavy atom. The minimum absolute atomic E-state index is 0.561. The van der Waals surface area contributed by atoms with E-state index in [0.717, 1.165) is 24.3 Å². The molecule has 0 aromatic heterocycles. The van der Waals surface area contributed by atoms with Crippen LogP contribution in [0.3, 0.4) is 0 Å². The number of hydrogen-bond acceptors (Lipinski definition) is 4. The van der Waals surface area contributed by atoms with Gasteiger partial charge in [-0.3, -0.25) is 0 Å². The molecule has 0 aliphatic carbocycles. The summed E-state index contributed by atoms with van der Waals surface area (Å²) in [6.45, 7) is 18.2. The van der Waals surface area contributed by atoms with Crippen LogP contribution in [0.15, 0.2) is 22.6 Å². The zero-order valence-corrected chi connectivity index (χ0v) is 15.1. The smallest absolute Gasteiger partial charge is 0.404 e. The van der Waals surface area contributed by atoms with E-state index in [0.29, 0.717) is 11.8 Å². The van der Waals surface area contributed by atoms with Crippen LogP contribution < -0.4 is 0 Å². The second kappa shape index (κ2) is 8.95. The lowest BCUT2D eigenvalue weighted by atomic mass is 10.1.